The molecule has 0 N–H and O–H groups in total. The Bertz CT molecular complexity index is 240. The zero-order chi connectivity index (χ0) is 12.4. The SMILES string of the molecule is C=CC1CCCCC1O[Si](C)(C)C(C)(C)C. The highest BCUT2D eigenvalue weighted by Crippen LogP contribution is 2.40. The van der Waals surface area contributed by atoms with Crippen molar-refractivity contribution < 1.29 is 4.43 Å². The summed E-state index contributed by atoms with van der Waals surface area (Å²) in [5.41, 5.74) is 0. The first-order valence-electron chi connectivity index (χ1n) is 6.58. The third-order valence-corrected chi connectivity index (χ3v) is 8.81. The minimum absolute atomic E-state index is 0.316. The Hall–Kier alpha value is -0.0831. The second-order valence-corrected chi connectivity index (χ2v) is 11.4. The lowest BCUT2D eigenvalue weighted by Crippen LogP contribution is -2.46. The maximum Gasteiger partial charge on any atom is 0.192 e. The Morgan fingerprint density at radius 3 is 2.25 bits per heavy atom. The van der Waals surface area contributed by atoms with E-state index in [-0.39, 0.29) is 0 Å². The molecule has 1 fully saturated rings. The molecule has 1 rings (SSSR count). The molecular formula is C14H28OSi. The van der Waals surface area contributed by atoms with Crippen LogP contribution in [0.1, 0.15) is 46.5 Å². The molecular weight excluding hydrogens is 212 g/mol. The molecule has 1 aliphatic rings. The highest BCUT2D eigenvalue weighted by molar-refractivity contribution is 6.74. The van der Waals surface area contributed by atoms with Crippen LogP contribution in [0.25, 0.3) is 0 Å². The smallest absolute Gasteiger partial charge is 0.192 e. The fourth-order valence-electron chi connectivity index (χ4n) is 2.10. The van der Waals surface area contributed by atoms with Crippen LogP contribution in [0.4, 0.5) is 0 Å². The van der Waals surface area contributed by atoms with Gasteiger partial charge in [0.25, 0.3) is 0 Å². The molecule has 0 saturated heterocycles. The number of hydrogen-bond donors (Lipinski definition) is 0. The van der Waals surface area contributed by atoms with E-state index in [9.17, 15) is 0 Å². The fourth-order valence-corrected chi connectivity index (χ4v) is 3.50. The molecule has 0 heterocycles. The lowest BCUT2D eigenvalue weighted by Gasteiger charge is -2.42. The Balaban J connectivity index is 2.67. The molecule has 0 radical (unpaired) electrons. The summed E-state index contributed by atoms with van der Waals surface area (Å²) in [5.74, 6) is 0.586. The molecule has 2 unspecified atom stereocenters. The first-order valence-corrected chi connectivity index (χ1v) is 9.49. The molecule has 0 amide bonds. The minimum Gasteiger partial charge on any atom is -0.413 e. The van der Waals surface area contributed by atoms with Crippen molar-refractivity contribution in [2.45, 2.75) is 70.7 Å². The first-order chi connectivity index (χ1) is 7.28. The molecule has 16 heavy (non-hydrogen) atoms. The molecule has 2 atom stereocenters. The minimum atomic E-state index is -1.60. The van der Waals surface area contributed by atoms with Gasteiger partial charge in [0.05, 0.1) is 6.10 Å². The fraction of sp³-hybridized carbons (Fsp3) is 0.857. The van der Waals surface area contributed by atoms with Crippen LogP contribution in [0.5, 0.6) is 0 Å². The van der Waals surface area contributed by atoms with Gasteiger partial charge in [0.15, 0.2) is 8.32 Å². The van der Waals surface area contributed by atoms with E-state index in [1.165, 1.54) is 25.7 Å². The summed E-state index contributed by atoms with van der Waals surface area (Å²) in [7, 11) is -1.60. The largest absolute Gasteiger partial charge is 0.413 e. The summed E-state index contributed by atoms with van der Waals surface area (Å²) in [6.45, 7) is 15.6. The lowest BCUT2D eigenvalue weighted by molar-refractivity contribution is 0.102. The molecule has 0 aromatic heterocycles. The Morgan fingerprint density at radius 2 is 1.75 bits per heavy atom. The van der Waals surface area contributed by atoms with E-state index in [2.05, 4.69) is 46.5 Å². The molecule has 2 heteroatoms. The van der Waals surface area contributed by atoms with E-state index in [1.807, 2.05) is 0 Å². The van der Waals surface area contributed by atoms with Gasteiger partial charge in [-0.25, -0.2) is 0 Å². The van der Waals surface area contributed by atoms with Gasteiger partial charge in [-0.1, -0.05) is 39.7 Å². The molecule has 94 valence electrons. The average molecular weight is 240 g/mol. The second-order valence-electron chi connectivity index (χ2n) is 6.60. The first kappa shape index (κ1) is 14.0. The van der Waals surface area contributed by atoms with Crippen LogP contribution >= 0.6 is 0 Å². The van der Waals surface area contributed by atoms with Crippen LogP contribution in [-0.4, -0.2) is 14.4 Å². The summed E-state index contributed by atoms with van der Waals surface area (Å²) >= 11 is 0. The van der Waals surface area contributed by atoms with E-state index in [0.29, 0.717) is 17.1 Å². The highest BCUT2D eigenvalue weighted by Gasteiger charge is 2.40. The van der Waals surface area contributed by atoms with Crippen molar-refractivity contribution in [3.8, 4) is 0 Å². The Kier molecular flexibility index (Phi) is 4.41. The third kappa shape index (κ3) is 3.20. The second kappa shape index (κ2) is 5.05. The van der Waals surface area contributed by atoms with Crippen molar-refractivity contribution in [3.05, 3.63) is 12.7 Å². The van der Waals surface area contributed by atoms with Crippen LogP contribution in [0.2, 0.25) is 18.1 Å². The van der Waals surface area contributed by atoms with Crippen molar-refractivity contribution in [1.82, 2.24) is 0 Å². The summed E-state index contributed by atoms with van der Waals surface area (Å²) in [4.78, 5) is 0. The quantitative estimate of drug-likeness (QED) is 0.511. The molecule has 1 nitrogen and oxygen atoms in total. The molecule has 0 bridgehead atoms. The van der Waals surface area contributed by atoms with E-state index in [4.69, 9.17) is 4.43 Å². The standard InChI is InChI=1S/C14H28OSi/c1-7-12-10-8-9-11-13(12)15-16(5,6)14(2,3)4/h7,12-13H,1,8-11H2,2-6H3. The number of hydrogen-bond acceptors (Lipinski definition) is 1. The van der Waals surface area contributed by atoms with E-state index < -0.39 is 8.32 Å². The van der Waals surface area contributed by atoms with Gasteiger partial charge in [0.2, 0.25) is 0 Å². The van der Waals surface area contributed by atoms with Gasteiger partial charge in [-0.2, -0.15) is 0 Å². The highest BCUT2D eigenvalue weighted by atomic mass is 28.4. The normalized spacial score (nSPS) is 27.8. The van der Waals surface area contributed by atoms with Crippen LogP contribution in [-0.2, 0) is 4.43 Å². The van der Waals surface area contributed by atoms with Crippen LogP contribution < -0.4 is 0 Å². The zero-order valence-corrected chi connectivity index (χ0v) is 12.7. The van der Waals surface area contributed by atoms with Crippen molar-refractivity contribution in [3.63, 3.8) is 0 Å². The van der Waals surface area contributed by atoms with Gasteiger partial charge >= 0.3 is 0 Å². The van der Waals surface area contributed by atoms with Crippen molar-refractivity contribution >= 4 is 8.32 Å². The molecule has 0 spiro atoms. The maximum absolute atomic E-state index is 6.51. The van der Waals surface area contributed by atoms with Gasteiger partial charge in [-0.3, -0.25) is 0 Å². The molecule has 0 aromatic carbocycles. The van der Waals surface area contributed by atoms with Crippen LogP contribution in [0.3, 0.4) is 0 Å². The average Bonchev–Trinajstić information content (AvgIpc) is 2.16. The summed E-state index contributed by atoms with van der Waals surface area (Å²) in [6.07, 6.45) is 7.70. The molecule has 1 aliphatic carbocycles. The predicted molar refractivity (Wildman–Crippen MR) is 74.2 cm³/mol. The lowest BCUT2D eigenvalue weighted by atomic mass is 9.87. The topological polar surface area (TPSA) is 9.23 Å². The van der Waals surface area contributed by atoms with Gasteiger partial charge < -0.3 is 4.43 Å². The van der Waals surface area contributed by atoms with Crippen LogP contribution in [0, 0.1) is 5.92 Å². The van der Waals surface area contributed by atoms with Gasteiger partial charge in [-0.05, 0) is 31.0 Å². The van der Waals surface area contributed by atoms with Crippen molar-refractivity contribution in [1.29, 1.82) is 0 Å². The predicted octanol–water partition coefficient (Wildman–Crippen LogP) is 4.75. The molecule has 0 aromatic rings. The molecule has 0 aliphatic heterocycles. The Morgan fingerprint density at radius 1 is 1.19 bits per heavy atom. The van der Waals surface area contributed by atoms with E-state index in [0.717, 1.165) is 0 Å². The van der Waals surface area contributed by atoms with E-state index in [1.54, 1.807) is 0 Å². The maximum atomic E-state index is 6.51. The third-order valence-electron chi connectivity index (χ3n) is 4.31. The summed E-state index contributed by atoms with van der Waals surface area (Å²) in [6, 6.07) is 0. The number of rotatable bonds is 3. The van der Waals surface area contributed by atoms with Gasteiger partial charge in [0.1, 0.15) is 0 Å². The monoisotopic (exact) mass is 240 g/mol. The van der Waals surface area contributed by atoms with E-state index >= 15 is 0 Å². The van der Waals surface area contributed by atoms with Crippen molar-refractivity contribution in [2.24, 2.45) is 5.92 Å². The Labute approximate surface area is 102 Å². The summed E-state index contributed by atoms with van der Waals surface area (Å²) in [5, 5.41) is 0.316. The molecule has 1 saturated carbocycles. The van der Waals surface area contributed by atoms with Crippen molar-refractivity contribution in [2.75, 3.05) is 0 Å². The zero-order valence-electron chi connectivity index (χ0n) is 11.7. The van der Waals surface area contributed by atoms with Gasteiger partial charge in [-0.15, -0.1) is 6.58 Å². The van der Waals surface area contributed by atoms with Gasteiger partial charge in [0, 0.05) is 5.92 Å². The summed E-state index contributed by atoms with van der Waals surface area (Å²) < 4.78 is 6.51. The van der Waals surface area contributed by atoms with Crippen LogP contribution in [0.15, 0.2) is 12.7 Å².